The number of hydrogen-bond acceptors (Lipinski definition) is 8. The molecular formula is C26H30FN5O4S. The van der Waals surface area contributed by atoms with Crippen molar-refractivity contribution < 1.29 is 22.3 Å². The number of nitrogens with zero attached hydrogens (tertiary/aromatic N) is 3. The van der Waals surface area contributed by atoms with Crippen LogP contribution in [-0.2, 0) is 10.0 Å². The van der Waals surface area contributed by atoms with Crippen molar-refractivity contribution in [2.75, 3.05) is 23.8 Å². The fourth-order valence-electron chi connectivity index (χ4n) is 4.79. The summed E-state index contributed by atoms with van der Waals surface area (Å²) in [5.41, 5.74) is 6.48. The number of carbonyl (C=O) groups excluding carboxylic acids is 1. The first-order valence-electron chi connectivity index (χ1n) is 11.9. The molecule has 0 spiro atoms. The molecule has 0 radical (unpaired) electrons. The second-order valence-electron chi connectivity index (χ2n) is 9.69. The Morgan fingerprint density at radius 1 is 1.27 bits per heavy atom. The quantitative estimate of drug-likeness (QED) is 0.472. The largest absolute Gasteiger partial charge is 0.493 e. The minimum absolute atomic E-state index is 0.0806. The van der Waals surface area contributed by atoms with Crippen LogP contribution < -0.4 is 20.1 Å². The van der Waals surface area contributed by atoms with Gasteiger partial charge in [-0.05, 0) is 69.5 Å². The maximum absolute atomic E-state index is 13.9. The first-order valence-corrected chi connectivity index (χ1v) is 13.4. The van der Waals surface area contributed by atoms with E-state index in [1.54, 1.807) is 19.1 Å². The van der Waals surface area contributed by atoms with Crippen LogP contribution in [-0.4, -0.2) is 43.0 Å². The van der Waals surface area contributed by atoms with E-state index in [9.17, 15) is 17.6 Å². The van der Waals surface area contributed by atoms with E-state index in [1.807, 2.05) is 18.7 Å². The van der Waals surface area contributed by atoms with Gasteiger partial charge in [0.05, 0.1) is 17.9 Å². The van der Waals surface area contributed by atoms with Crippen LogP contribution in [0.4, 0.5) is 16.0 Å². The fraction of sp³-hybridized carbons (Fsp3) is 0.346. The Labute approximate surface area is 215 Å². The van der Waals surface area contributed by atoms with Crippen LogP contribution in [0.5, 0.6) is 5.75 Å². The van der Waals surface area contributed by atoms with Crippen LogP contribution in [0.2, 0.25) is 0 Å². The van der Waals surface area contributed by atoms with Crippen molar-refractivity contribution in [3.63, 3.8) is 0 Å². The van der Waals surface area contributed by atoms with Gasteiger partial charge in [-0.3, -0.25) is 4.79 Å². The number of sulfonamides is 1. The van der Waals surface area contributed by atoms with Crippen LogP contribution in [0.15, 0.2) is 53.6 Å². The molecule has 9 nitrogen and oxygen atoms in total. The summed E-state index contributed by atoms with van der Waals surface area (Å²) >= 11 is 0. The number of benzene rings is 1. The molecule has 0 unspecified atom stereocenters. The monoisotopic (exact) mass is 527 g/mol. The molecule has 1 aromatic carbocycles. The molecule has 2 aromatic heterocycles. The number of aromatic nitrogens is 2. The van der Waals surface area contributed by atoms with Gasteiger partial charge in [0.2, 0.25) is 0 Å². The number of hydrogen-bond donors (Lipinski definition) is 2. The molecule has 3 N–H and O–H groups in total. The van der Waals surface area contributed by atoms with Gasteiger partial charge in [0.1, 0.15) is 28.1 Å². The molecule has 1 fully saturated rings. The number of halogens is 1. The summed E-state index contributed by atoms with van der Waals surface area (Å²) in [6.07, 6.45) is 2.21. The highest BCUT2D eigenvalue weighted by Gasteiger charge is 2.39. The molecule has 37 heavy (non-hydrogen) atoms. The summed E-state index contributed by atoms with van der Waals surface area (Å²) < 4.78 is 47.5. The Bertz CT molecular complexity index is 1440. The lowest BCUT2D eigenvalue weighted by Crippen LogP contribution is -2.41. The smallest absolute Gasteiger partial charge is 0.268 e. The lowest BCUT2D eigenvalue weighted by molar-refractivity contribution is 0.0981. The van der Waals surface area contributed by atoms with E-state index >= 15 is 0 Å². The molecule has 3 aromatic rings. The van der Waals surface area contributed by atoms with Gasteiger partial charge in [0.15, 0.2) is 0 Å². The molecule has 4 rings (SSSR count). The van der Waals surface area contributed by atoms with E-state index in [-0.39, 0.29) is 21.8 Å². The Hall–Kier alpha value is -3.73. The lowest BCUT2D eigenvalue weighted by atomic mass is 9.97. The molecule has 0 saturated carbocycles. The SMILES string of the molecule is CCOc1cc(F)ccc1-c1ccc(C(=O)NS(=O)(=O)c2cccnc2N)c(N2C[C@@H](C)CC2(C)C)n1. The Morgan fingerprint density at radius 2 is 2.03 bits per heavy atom. The van der Waals surface area contributed by atoms with Crippen molar-refractivity contribution in [2.24, 2.45) is 5.92 Å². The van der Waals surface area contributed by atoms with Gasteiger partial charge >= 0.3 is 0 Å². The summed E-state index contributed by atoms with van der Waals surface area (Å²) in [4.78, 5) is 23.7. The fourth-order valence-corrected chi connectivity index (χ4v) is 5.84. The van der Waals surface area contributed by atoms with Crippen LogP contribution in [0, 0.1) is 11.7 Å². The molecule has 1 aliphatic heterocycles. The summed E-state index contributed by atoms with van der Waals surface area (Å²) in [5.74, 6) is -0.548. The first kappa shape index (κ1) is 26.3. The van der Waals surface area contributed by atoms with Gasteiger partial charge in [0.25, 0.3) is 15.9 Å². The molecule has 196 valence electrons. The maximum atomic E-state index is 13.9. The number of ether oxygens (including phenoxy) is 1. The van der Waals surface area contributed by atoms with Crippen LogP contribution in [0.1, 0.15) is 44.5 Å². The third kappa shape index (κ3) is 5.36. The zero-order valence-corrected chi connectivity index (χ0v) is 22.0. The second kappa shape index (κ2) is 9.97. The molecule has 1 saturated heterocycles. The molecule has 1 aliphatic rings. The Balaban J connectivity index is 1.81. The standard InChI is InChI=1S/C26H30FN5O4S/c1-5-36-21-13-17(27)8-9-18(21)20-11-10-19(24(30-20)32-15-16(2)14-26(32,3)4)25(33)31-37(34,35)22-7-6-12-29-23(22)28/h6-13,16H,5,14-15H2,1-4H3,(H2,28,29)(H,31,33)/t16-/m0/s1. The summed E-state index contributed by atoms with van der Waals surface area (Å²) in [5, 5.41) is 0. The molecular weight excluding hydrogens is 497 g/mol. The third-order valence-corrected chi connectivity index (χ3v) is 7.66. The number of anilines is 2. The van der Waals surface area contributed by atoms with Crippen molar-refractivity contribution in [3.8, 4) is 17.0 Å². The minimum atomic E-state index is -4.29. The average molecular weight is 528 g/mol. The molecule has 3 heterocycles. The van der Waals surface area contributed by atoms with Gasteiger partial charge in [-0.1, -0.05) is 6.92 Å². The summed E-state index contributed by atoms with van der Waals surface area (Å²) in [6.45, 7) is 8.94. The van der Waals surface area contributed by atoms with Gasteiger partial charge in [-0.2, -0.15) is 0 Å². The molecule has 1 atom stereocenters. The van der Waals surface area contributed by atoms with E-state index in [2.05, 4.69) is 16.6 Å². The van der Waals surface area contributed by atoms with Gasteiger partial charge in [-0.15, -0.1) is 0 Å². The predicted molar refractivity (Wildman–Crippen MR) is 139 cm³/mol. The first-order chi connectivity index (χ1) is 17.4. The number of pyridine rings is 2. The zero-order chi connectivity index (χ0) is 27.0. The number of nitrogens with one attached hydrogen (secondary N) is 1. The Kier molecular flexibility index (Phi) is 7.09. The number of nitrogens with two attached hydrogens (primary N) is 1. The summed E-state index contributed by atoms with van der Waals surface area (Å²) in [6, 6.07) is 9.97. The van der Waals surface area contributed by atoms with Crippen LogP contribution in [0.25, 0.3) is 11.3 Å². The average Bonchev–Trinajstić information content (AvgIpc) is 3.10. The maximum Gasteiger partial charge on any atom is 0.268 e. The third-order valence-electron chi connectivity index (χ3n) is 6.28. The van der Waals surface area contributed by atoms with Gasteiger partial charge < -0.3 is 15.4 Å². The number of nitrogen functional groups attached to an aromatic ring is 1. The van der Waals surface area contributed by atoms with Crippen molar-refractivity contribution >= 4 is 27.6 Å². The molecule has 1 amide bonds. The van der Waals surface area contributed by atoms with Crippen molar-refractivity contribution in [3.05, 3.63) is 60.0 Å². The zero-order valence-electron chi connectivity index (χ0n) is 21.2. The minimum Gasteiger partial charge on any atom is -0.493 e. The lowest BCUT2D eigenvalue weighted by Gasteiger charge is -2.34. The van der Waals surface area contributed by atoms with Gasteiger partial charge in [-0.25, -0.2) is 27.5 Å². The highest BCUT2D eigenvalue weighted by Crippen LogP contribution is 2.39. The number of carbonyl (C=O) groups is 1. The van der Waals surface area contributed by atoms with E-state index < -0.39 is 21.7 Å². The van der Waals surface area contributed by atoms with Crippen LogP contribution in [0.3, 0.4) is 0 Å². The van der Waals surface area contributed by atoms with E-state index in [4.69, 9.17) is 15.5 Å². The van der Waals surface area contributed by atoms with Crippen molar-refractivity contribution in [2.45, 2.75) is 44.6 Å². The molecule has 11 heteroatoms. The topological polar surface area (TPSA) is 128 Å². The normalized spacial score (nSPS) is 17.0. The van der Waals surface area contributed by atoms with Crippen molar-refractivity contribution in [1.82, 2.24) is 14.7 Å². The van der Waals surface area contributed by atoms with E-state index in [0.717, 1.165) is 6.42 Å². The van der Waals surface area contributed by atoms with E-state index in [0.29, 0.717) is 41.9 Å². The van der Waals surface area contributed by atoms with Crippen LogP contribution >= 0.6 is 0 Å². The highest BCUT2D eigenvalue weighted by atomic mass is 32.2. The van der Waals surface area contributed by atoms with Crippen molar-refractivity contribution in [1.29, 1.82) is 0 Å². The Morgan fingerprint density at radius 3 is 2.68 bits per heavy atom. The number of rotatable bonds is 7. The predicted octanol–water partition coefficient (Wildman–Crippen LogP) is 4.01. The molecule has 0 aliphatic carbocycles. The highest BCUT2D eigenvalue weighted by molar-refractivity contribution is 7.90. The van der Waals surface area contributed by atoms with Gasteiger partial charge in [0, 0.05) is 29.9 Å². The molecule has 0 bridgehead atoms. The van der Waals surface area contributed by atoms with E-state index in [1.165, 1.54) is 36.5 Å². The summed E-state index contributed by atoms with van der Waals surface area (Å²) in [7, 11) is -4.29. The number of amides is 1. The second-order valence-corrected chi connectivity index (χ2v) is 11.3.